The van der Waals surface area contributed by atoms with Crippen molar-refractivity contribution in [2.75, 3.05) is 13.1 Å². The van der Waals surface area contributed by atoms with Crippen LogP contribution < -0.4 is 10.6 Å². The number of rotatable bonds is 7. The van der Waals surface area contributed by atoms with Gasteiger partial charge in [-0.3, -0.25) is 14.4 Å². The standard InChI is InChI=1S/C27H30FN3O3/c28-19-10-8-18(9-11-19)27(14-4-1-5-15-27)17-30-23(32)16-29-25(33)24-21-6-2-3-7-22(21)26(34)31(24)20-12-13-20/h2-3,6-11,20,24H,1,4-5,12-17H2,(H,29,33)(H,30,32). The summed E-state index contributed by atoms with van der Waals surface area (Å²) in [4.78, 5) is 40.3. The lowest BCUT2D eigenvalue weighted by Crippen LogP contribution is -2.47. The van der Waals surface area contributed by atoms with Crippen LogP contribution in [0, 0.1) is 5.82 Å². The van der Waals surface area contributed by atoms with Crippen molar-refractivity contribution in [3.63, 3.8) is 0 Å². The highest BCUT2D eigenvalue weighted by molar-refractivity contribution is 6.05. The Balaban J connectivity index is 1.22. The molecule has 3 amide bonds. The average Bonchev–Trinajstić information content (AvgIpc) is 3.66. The number of nitrogens with one attached hydrogen (secondary N) is 2. The lowest BCUT2D eigenvalue weighted by Gasteiger charge is -2.38. The van der Waals surface area contributed by atoms with Crippen LogP contribution in [0.1, 0.15) is 72.5 Å². The number of carbonyl (C=O) groups is 3. The van der Waals surface area contributed by atoms with Crippen LogP contribution >= 0.6 is 0 Å². The number of amides is 3. The van der Waals surface area contributed by atoms with E-state index in [4.69, 9.17) is 0 Å². The molecular formula is C27H30FN3O3. The van der Waals surface area contributed by atoms with Gasteiger partial charge in [-0.15, -0.1) is 0 Å². The fourth-order valence-electron chi connectivity index (χ4n) is 5.53. The maximum Gasteiger partial charge on any atom is 0.255 e. The number of nitrogens with zero attached hydrogens (tertiary/aromatic N) is 1. The van der Waals surface area contributed by atoms with Gasteiger partial charge in [0, 0.05) is 23.6 Å². The van der Waals surface area contributed by atoms with E-state index in [9.17, 15) is 18.8 Å². The Labute approximate surface area is 198 Å². The Hall–Kier alpha value is -3.22. The molecule has 5 rings (SSSR count). The Morgan fingerprint density at radius 2 is 1.68 bits per heavy atom. The number of benzene rings is 2. The van der Waals surface area contributed by atoms with Gasteiger partial charge in [-0.1, -0.05) is 49.6 Å². The van der Waals surface area contributed by atoms with Crippen LogP contribution in [-0.2, 0) is 15.0 Å². The molecule has 178 valence electrons. The minimum Gasteiger partial charge on any atom is -0.354 e. The lowest BCUT2D eigenvalue weighted by molar-refractivity contribution is -0.129. The van der Waals surface area contributed by atoms with Crippen molar-refractivity contribution in [1.82, 2.24) is 15.5 Å². The molecule has 0 aromatic heterocycles. The van der Waals surface area contributed by atoms with Gasteiger partial charge < -0.3 is 15.5 Å². The van der Waals surface area contributed by atoms with Crippen molar-refractivity contribution in [2.45, 2.75) is 62.4 Å². The van der Waals surface area contributed by atoms with Gasteiger partial charge in [-0.05, 0) is 55.0 Å². The van der Waals surface area contributed by atoms with E-state index in [0.717, 1.165) is 50.5 Å². The molecule has 34 heavy (non-hydrogen) atoms. The maximum absolute atomic E-state index is 13.5. The first-order valence-electron chi connectivity index (χ1n) is 12.2. The van der Waals surface area contributed by atoms with Gasteiger partial charge in [-0.25, -0.2) is 4.39 Å². The minimum absolute atomic E-state index is 0.0892. The van der Waals surface area contributed by atoms with Gasteiger partial charge in [0.15, 0.2) is 0 Å². The van der Waals surface area contributed by atoms with Crippen molar-refractivity contribution in [3.05, 3.63) is 71.0 Å². The van der Waals surface area contributed by atoms with Crippen LogP contribution in [0.5, 0.6) is 0 Å². The van der Waals surface area contributed by atoms with Crippen LogP contribution in [0.25, 0.3) is 0 Å². The van der Waals surface area contributed by atoms with Gasteiger partial charge in [-0.2, -0.15) is 0 Å². The summed E-state index contributed by atoms with van der Waals surface area (Å²) in [5.74, 6) is -0.975. The third-order valence-electron chi connectivity index (χ3n) is 7.50. The first kappa shape index (κ1) is 22.6. The molecular weight excluding hydrogens is 433 g/mol. The highest BCUT2D eigenvalue weighted by atomic mass is 19.1. The molecule has 6 nitrogen and oxygen atoms in total. The number of hydrogen-bond acceptors (Lipinski definition) is 3. The third-order valence-corrected chi connectivity index (χ3v) is 7.50. The first-order chi connectivity index (χ1) is 16.5. The zero-order valence-electron chi connectivity index (χ0n) is 19.2. The van der Waals surface area contributed by atoms with Crippen LogP contribution in [0.15, 0.2) is 48.5 Å². The highest BCUT2D eigenvalue weighted by Gasteiger charge is 2.47. The average molecular weight is 464 g/mol. The van der Waals surface area contributed by atoms with E-state index in [1.54, 1.807) is 17.0 Å². The first-order valence-corrected chi connectivity index (χ1v) is 12.2. The number of carbonyl (C=O) groups excluding carboxylic acids is 3. The molecule has 2 aromatic rings. The van der Waals surface area contributed by atoms with Gasteiger partial charge >= 0.3 is 0 Å². The predicted octanol–water partition coefficient (Wildman–Crippen LogP) is 3.62. The van der Waals surface area contributed by atoms with E-state index in [1.165, 1.54) is 12.1 Å². The molecule has 0 radical (unpaired) electrons. The normalized spacial score (nSPS) is 21.1. The molecule has 1 unspecified atom stereocenters. The Morgan fingerprint density at radius 1 is 0.971 bits per heavy atom. The maximum atomic E-state index is 13.5. The molecule has 2 saturated carbocycles. The molecule has 1 aliphatic heterocycles. The molecule has 1 heterocycles. The molecule has 2 aromatic carbocycles. The van der Waals surface area contributed by atoms with E-state index < -0.39 is 6.04 Å². The monoisotopic (exact) mass is 463 g/mol. The molecule has 0 spiro atoms. The van der Waals surface area contributed by atoms with E-state index in [1.807, 2.05) is 24.3 Å². The van der Waals surface area contributed by atoms with Crippen molar-refractivity contribution in [1.29, 1.82) is 0 Å². The molecule has 1 atom stereocenters. The quantitative estimate of drug-likeness (QED) is 0.658. The Morgan fingerprint density at radius 3 is 2.38 bits per heavy atom. The van der Waals surface area contributed by atoms with Gasteiger partial charge in [0.2, 0.25) is 11.8 Å². The largest absolute Gasteiger partial charge is 0.354 e. The Bertz CT molecular complexity index is 1090. The molecule has 2 aliphatic carbocycles. The summed E-state index contributed by atoms with van der Waals surface area (Å²) in [5.41, 5.74) is 2.09. The summed E-state index contributed by atoms with van der Waals surface area (Å²) in [7, 11) is 0. The highest BCUT2D eigenvalue weighted by Crippen LogP contribution is 2.42. The summed E-state index contributed by atoms with van der Waals surface area (Å²) < 4.78 is 13.5. The van der Waals surface area contributed by atoms with E-state index >= 15 is 0 Å². The third kappa shape index (κ3) is 4.31. The fourth-order valence-corrected chi connectivity index (χ4v) is 5.53. The fraction of sp³-hybridized carbons (Fsp3) is 0.444. The van der Waals surface area contributed by atoms with E-state index in [2.05, 4.69) is 10.6 Å². The number of hydrogen-bond donors (Lipinski definition) is 2. The number of halogens is 1. The van der Waals surface area contributed by atoms with Crippen LogP contribution in [0.2, 0.25) is 0 Å². The van der Waals surface area contributed by atoms with Crippen molar-refractivity contribution in [2.24, 2.45) is 0 Å². The van der Waals surface area contributed by atoms with Crippen LogP contribution in [-0.4, -0.2) is 41.8 Å². The topological polar surface area (TPSA) is 78.5 Å². The molecule has 7 heteroatoms. The summed E-state index contributed by atoms with van der Waals surface area (Å²) in [6.07, 6.45) is 6.95. The SMILES string of the molecule is O=C(CNC(=O)C1c2ccccc2C(=O)N1C1CC1)NCC1(c2ccc(F)cc2)CCCCC1. The van der Waals surface area contributed by atoms with Crippen molar-refractivity contribution in [3.8, 4) is 0 Å². The summed E-state index contributed by atoms with van der Waals surface area (Å²) in [6, 6.07) is 13.2. The number of fused-ring (bicyclic) bond motifs is 1. The summed E-state index contributed by atoms with van der Waals surface area (Å²) >= 11 is 0. The second-order valence-corrected chi connectivity index (χ2v) is 9.78. The van der Waals surface area contributed by atoms with Crippen LogP contribution in [0.3, 0.4) is 0 Å². The molecule has 2 N–H and O–H groups in total. The molecule has 0 saturated heterocycles. The minimum atomic E-state index is -0.687. The smallest absolute Gasteiger partial charge is 0.255 e. The summed E-state index contributed by atoms with van der Waals surface area (Å²) in [5, 5.41) is 5.75. The van der Waals surface area contributed by atoms with Gasteiger partial charge in [0.1, 0.15) is 11.9 Å². The van der Waals surface area contributed by atoms with Crippen LogP contribution in [0.4, 0.5) is 4.39 Å². The van der Waals surface area contributed by atoms with Gasteiger partial charge in [0.05, 0.1) is 6.54 Å². The Kier molecular flexibility index (Phi) is 6.11. The lowest BCUT2D eigenvalue weighted by atomic mass is 9.69. The zero-order valence-corrected chi connectivity index (χ0v) is 19.2. The van der Waals surface area contributed by atoms with Gasteiger partial charge in [0.25, 0.3) is 5.91 Å². The molecule has 3 aliphatic rings. The zero-order chi connectivity index (χ0) is 23.7. The molecule has 0 bridgehead atoms. The van der Waals surface area contributed by atoms with E-state index in [0.29, 0.717) is 17.7 Å². The second kappa shape index (κ2) is 9.20. The van der Waals surface area contributed by atoms with Crippen molar-refractivity contribution < 1.29 is 18.8 Å². The predicted molar refractivity (Wildman–Crippen MR) is 126 cm³/mol. The van der Waals surface area contributed by atoms with Crippen molar-refractivity contribution >= 4 is 17.7 Å². The molecule has 2 fully saturated rings. The summed E-state index contributed by atoms with van der Waals surface area (Å²) in [6.45, 7) is 0.302. The second-order valence-electron chi connectivity index (χ2n) is 9.78. The van der Waals surface area contributed by atoms with E-state index in [-0.39, 0.29) is 41.5 Å².